The molecule has 0 fully saturated rings. The molecule has 0 radical (unpaired) electrons. The summed E-state index contributed by atoms with van der Waals surface area (Å²) < 4.78 is 0.520. The van der Waals surface area contributed by atoms with Gasteiger partial charge in [0.25, 0.3) is 0 Å². The van der Waals surface area contributed by atoms with E-state index >= 15 is 0 Å². The molecule has 0 spiro atoms. The van der Waals surface area contributed by atoms with E-state index in [9.17, 15) is 4.79 Å². The monoisotopic (exact) mass is 283 g/mol. The van der Waals surface area contributed by atoms with Crippen LogP contribution in [-0.2, 0) is 4.79 Å². The van der Waals surface area contributed by atoms with E-state index < -0.39 is 5.97 Å². The number of quaternary nitrogens is 1. The lowest BCUT2D eigenvalue weighted by atomic mass is 10.1. The van der Waals surface area contributed by atoms with Crippen molar-refractivity contribution in [3.63, 3.8) is 0 Å². The first-order valence-electron chi connectivity index (χ1n) is 8.19. The number of hydrogen-bond donors (Lipinski definition) is 1. The van der Waals surface area contributed by atoms with E-state index in [2.05, 4.69) is 11.9 Å². The minimum absolute atomic E-state index is 0.176. The zero-order valence-corrected chi connectivity index (χ0v) is 13.2. The van der Waals surface area contributed by atoms with Gasteiger partial charge in [-0.05, 0) is 6.42 Å². The number of carboxylic acid groups (broad SMARTS) is 1. The van der Waals surface area contributed by atoms with Gasteiger partial charge in [-0.25, -0.2) is 9.79 Å². The Morgan fingerprint density at radius 2 is 1.75 bits per heavy atom. The number of hydrogen-bond acceptors (Lipinski definition) is 2. The van der Waals surface area contributed by atoms with Crippen LogP contribution >= 0.6 is 0 Å². The van der Waals surface area contributed by atoms with E-state index in [1.165, 1.54) is 44.9 Å². The number of unbranched alkanes of at least 4 members (excludes halogenated alkanes) is 7. The highest BCUT2D eigenvalue weighted by Gasteiger charge is 2.35. The molecule has 116 valence electrons. The number of carbonyl (C=O) groups is 1. The molecule has 1 aliphatic heterocycles. The Morgan fingerprint density at radius 3 is 2.35 bits per heavy atom. The highest BCUT2D eigenvalue weighted by Crippen LogP contribution is 2.17. The summed E-state index contributed by atoms with van der Waals surface area (Å²) in [6.45, 7) is 4.05. The Kier molecular flexibility index (Phi) is 7.82. The van der Waals surface area contributed by atoms with E-state index in [1.54, 1.807) is 0 Å². The molecule has 4 heteroatoms. The van der Waals surface area contributed by atoms with Crippen LogP contribution in [-0.4, -0.2) is 48.1 Å². The predicted octanol–water partition coefficient (Wildman–Crippen LogP) is 3.46. The van der Waals surface area contributed by atoms with Gasteiger partial charge in [0.15, 0.2) is 12.4 Å². The molecule has 0 saturated heterocycles. The highest BCUT2D eigenvalue weighted by atomic mass is 16.4. The maximum atomic E-state index is 10.9. The van der Waals surface area contributed by atoms with Crippen LogP contribution in [0.3, 0.4) is 0 Å². The van der Waals surface area contributed by atoms with Crippen molar-refractivity contribution in [1.82, 2.24) is 0 Å². The maximum Gasteiger partial charge on any atom is 0.359 e. The molecule has 1 aliphatic rings. The molecule has 0 aromatic rings. The first-order chi connectivity index (χ1) is 9.58. The third kappa shape index (κ3) is 6.04. The molecule has 0 saturated carbocycles. The van der Waals surface area contributed by atoms with Crippen molar-refractivity contribution >= 4 is 11.8 Å². The van der Waals surface area contributed by atoms with E-state index in [4.69, 9.17) is 5.11 Å². The van der Waals surface area contributed by atoms with Gasteiger partial charge in [0, 0.05) is 6.42 Å². The second kappa shape index (κ2) is 9.11. The van der Waals surface area contributed by atoms with Crippen LogP contribution in [0.5, 0.6) is 0 Å². The topological polar surface area (TPSA) is 49.7 Å². The summed E-state index contributed by atoms with van der Waals surface area (Å²) in [6, 6.07) is 0. The zero-order valence-electron chi connectivity index (χ0n) is 13.2. The molecule has 0 bridgehead atoms. The van der Waals surface area contributed by atoms with Crippen molar-refractivity contribution in [2.75, 3.05) is 26.7 Å². The second-order valence-corrected chi connectivity index (χ2v) is 6.19. The van der Waals surface area contributed by atoms with Crippen LogP contribution in [0.2, 0.25) is 0 Å². The highest BCUT2D eigenvalue weighted by molar-refractivity contribution is 5.79. The standard InChI is InChI=1S/C16H30N2O2/c1-3-4-5-6-7-8-9-10-11-15-17-12-13-18(15,2)14-16(19)20/h3-14H2,1-2H3/p+1. The Balaban J connectivity index is 2.13. The number of aliphatic imine (C=N–C) groups is 1. The van der Waals surface area contributed by atoms with Gasteiger partial charge in [-0.1, -0.05) is 51.9 Å². The molecule has 1 atom stereocenters. The average Bonchev–Trinajstić information content (AvgIpc) is 2.72. The first-order valence-corrected chi connectivity index (χ1v) is 8.19. The number of amidine groups is 1. The van der Waals surface area contributed by atoms with Crippen LogP contribution in [0.4, 0.5) is 0 Å². The lowest BCUT2D eigenvalue weighted by Gasteiger charge is -2.28. The Morgan fingerprint density at radius 1 is 1.15 bits per heavy atom. The minimum Gasteiger partial charge on any atom is -0.477 e. The molecule has 0 amide bonds. The summed E-state index contributed by atoms with van der Waals surface area (Å²) in [7, 11) is 2.00. The molecule has 0 aromatic heterocycles. The van der Waals surface area contributed by atoms with Crippen molar-refractivity contribution in [2.45, 2.75) is 64.7 Å². The molecule has 1 heterocycles. The fraction of sp³-hybridized carbons (Fsp3) is 0.875. The van der Waals surface area contributed by atoms with Crippen molar-refractivity contribution in [2.24, 2.45) is 4.99 Å². The number of likely N-dealkylation sites (N-methyl/N-ethyl adjacent to an activating group) is 1. The Hall–Kier alpha value is -0.900. The van der Waals surface area contributed by atoms with Crippen LogP contribution in [0.25, 0.3) is 0 Å². The van der Waals surface area contributed by atoms with E-state index in [0.717, 1.165) is 31.8 Å². The van der Waals surface area contributed by atoms with Crippen LogP contribution < -0.4 is 0 Å². The van der Waals surface area contributed by atoms with Crippen molar-refractivity contribution < 1.29 is 14.4 Å². The largest absolute Gasteiger partial charge is 0.477 e. The first kappa shape index (κ1) is 17.2. The fourth-order valence-electron chi connectivity index (χ4n) is 2.93. The third-order valence-corrected chi connectivity index (χ3v) is 4.25. The van der Waals surface area contributed by atoms with Crippen molar-refractivity contribution in [3.05, 3.63) is 0 Å². The average molecular weight is 283 g/mol. The van der Waals surface area contributed by atoms with Crippen molar-refractivity contribution in [3.8, 4) is 0 Å². The van der Waals surface area contributed by atoms with E-state index in [1.807, 2.05) is 7.05 Å². The van der Waals surface area contributed by atoms with Gasteiger partial charge in [0.05, 0.1) is 13.6 Å². The SMILES string of the molecule is CCCCCCCCCCC1=NCC[N+]1(C)CC(=O)O. The van der Waals surface area contributed by atoms with Gasteiger partial charge < -0.3 is 5.11 Å². The lowest BCUT2D eigenvalue weighted by Crippen LogP contribution is -2.50. The third-order valence-electron chi connectivity index (χ3n) is 4.25. The minimum atomic E-state index is -0.724. The molecule has 1 rings (SSSR count). The number of nitrogens with zero attached hydrogens (tertiary/aromatic N) is 2. The Bertz CT molecular complexity index is 328. The molecule has 20 heavy (non-hydrogen) atoms. The molecule has 0 aromatic carbocycles. The molecular weight excluding hydrogens is 252 g/mol. The summed E-state index contributed by atoms with van der Waals surface area (Å²) in [4.78, 5) is 15.5. The predicted molar refractivity (Wildman–Crippen MR) is 83.1 cm³/mol. The summed E-state index contributed by atoms with van der Waals surface area (Å²) in [5, 5.41) is 9.00. The van der Waals surface area contributed by atoms with Gasteiger partial charge in [-0.2, -0.15) is 0 Å². The van der Waals surface area contributed by atoms with E-state index in [-0.39, 0.29) is 6.54 Å². The van der Waals surface area contributed by atoms with Crippen molar-refractivity contribution in [1.29, 1.82) is 0 Å². The summed E-state index contributed by atoms with van der Waals surface area (Å²) in [6.07, 6.45) is 11.4. The lowest BCUT2D eigenvalue weighted by molar-refractivity contribution is -0.807. The van der Waals surface area contributed by atoms with Crippen LogP contribution in [0.1, 0.15) is 64.7 Å². The van der Waals surface area contributed by atoms with Gasteiger partial charge in [-0.15, -0.1) is 0 Å². The Labute approximate surface area is 123 Å². The van der Waals surface area contributed by atoms with E-state index in [0.29, 0.717) is 4.48 Å². The smallest absolute Gasteiger partial charge is 0.359 e. The summed E-state index contributed by atoms with van der Waals surface area (Å²) >= 11 is 0. The van der Waals surface area contributed by atoms with Gasteiger partial charge in [-0.3, -0.25) is 4.48 Å². The fourth-order valence-corrected chi connectivity index (χ4v) is 2.93. The molecule has 4 nitrogen and oxygen atoms in total. The molecule has 1 unspecified atom stereocenters. The normalized spacial score (nSPS) is 22.0. The molecule has 1 N–H and O–H groups in total. The van der Waals surface area contributed by atoms with Gasteiger partial charge >= 0.3 is 5.97 Å². The van der Waals surface area contributed by atoms with Crippen LogP contribution in [0.15, 0.2) is 4.99 Å². The summed E-state index contributed by atoms with van der Waals surface area (Å²) in [5.74, 6) is 0.372. The number of rotatable bonds is 11. The second-order valence-electron chi connectivity index (χ2n) is 6.19. The number of aliphatic carboxylic acids is 1. The number of carboxylic acids is 1. The molecule has 0 aliphatic carbocycles. The quantitative estimate of drug-likeness (QED) is 0.466. The van der Waals surface area contributed by atoms with Crippen LogP contribution in [0, 0.1) is 0 Å². The summed E-state index contributed by atoms with van der Waals surface area (Å²) in [5.41, 5.74) is 0. The maximum absolute atomic E-state index is 10.9. The van der Waals surface area contributed by atoms with Gasteiger partial charge in [0.2, 0.25) is 0 Å². The zero-order chi connectivity index (χ0) is 14.8. The molecular formula is C16H31N2O2+. The van der Waals surface area contributed by atoms with Gasteiger partial charge in [0.1, 0.15) is 6.54 Å².